The first-order valence-electron chi connectivity index (χ1n) is 8.60. The second-order valence-electron chi connectivity index (χ2n) is 7.50. The number of benzene rings is 1. The average molecular weight is 337 g/mol. The number of carbonyl (C=O) groups excluding carboxylic acids is 1. The molecule has 0 N–H and O–H groups in total. The van der Waals surface area contributed by atoms with Gasteiger partial charge in [-0.3, -0.25) is 9.69 Å². The predicted molar refractivity (Wildman–Crippen MR) is 97.0 cm³/mol. The lowest BCUT2D eigenvalue weighted by molar-refractivity contribution is -0.117. The van der Waals surface area contributed by atoms with Crippen molar-refractivity contribution < 1.29 is 4.79 Å². The summed E-state index contributed by atoms with van der Waals surface area (Å²) in [6.45, 7) is 11.2. The molecule has 2 aliphatic rings. The first kappa shape index (κ1) is 18.3. The van der Waals surface area contributed by atoms with Crippen molar-refractivity contribution >= 4 is 18.0 Å². The molecule has 3 rings (SSSR count). The van der Waals surface area contributed by atoms with Gasteiger partial charge in [-0.2, -0.15) is 0 Å². The standard InChI is InChI=1S/C14H20ClN.C5H9NO/c1-14(2,3)16-9-8-12(10-16)11-4-6-13(15)7-5-11;7-5-6-3-1-2-4-6/h4-7,12H,8-10H2,1-3H3;5H,1-4H2. The van der Waals surface area contributed by atoms with Crippen molar-refractivity contribution in [1.82, 2.24) is 9.80 Å². The normalized spacial score (nSPS) is 21.9. The zero-order chi connectivity index (χ0) is 16.9. The summed E-state index contributed by atoms with van der Waals surface area (Å²) in [5, 5.41) is 0.828. The second kappa shape index (κ2) is 8.16. The summed E-state index contributed by atoms with van der Waals surface area (Å²) in [5.74, 6) is 0.677. The van der Waals surface area contributed by atoms with Crippen molar-refractivity contribution in [1.29, 1.82) is 0 Å². The van der Waals surface area contributed by atoms with E-state index in [1.165, 1.54) is 37.9 Å². The van der Waals surface area contributed by atoms with Gasteiger partial charge < -0.3 is 4.90 Å². The van der Waals surface area contributed by atoms with Gasteiger partial charge in [-0.25, -0.2) is 0 Å². The van der Waals surface area contributed by atoms with Gasteiger partial charge in [0.05, 0.1) is 0 Å². The summed E-state index contributed by atoms with van der Waals surface area (Å²) in [4.78, 5) is 14.3. The van der Waals surface area contributed by atoms with Gasteiger partial charge in [0.15, 0.2) is 0 Å². The van der Waals surface area contributed by atoms with E-state index in [0.29, 0.717) is 11.5 Å². The molecule has 2 fully saturated rings. The average Bonchev–Trinajstić information content (AvgIpc) is 3.19. The molecule has 4 heteroatoms. The molecule has 1 unspecified atom stereocenters. The van der Waals surface area contributed by atoms with Crippen LogP contribution in [0.25, 0.3) is 0 Å². The number of hydrogen-bond acceptors (Lipinski definition) is 2. The molecule has 1 aromatic carbocycles. The molecule has 1 aromatic rings. The molecule has 3 nitrogen and oxygen atoms in total. The van der Waals surface area contributed by atoms with Crippen LogP contribution < -0.4 is 0 Å². The van der Waals surface area contributed by atoms with E-state index >= 15 is 0 Å². The van der Waals surface area contributed by atoms with Crippen LogP contribution in [-0.4, -0.2) is 47.9 Å². The van der Waals surface area contributed by atoms with Crippen LogP contribution in [0.15, 0.2) is 24.3 Å². The van der Waals surface area contributed by atoms with Crippen LogP contribution in [0.5, 0.6) is 0 Å². The Morgan fingerprint density at radius 3 is 2.13 bits per heavy atom. The van der Waals surface area contributed by atoms with Gasteiger partial charge in [-0.1, -0.05) is 23.7 Å². The molecule has 2 saturated heterocycles. The highest BCUT2D eigenvalue weighted by Crippen LogP contribution is 2.31. The zero-order valence-corrected chi connectivity index (χ0v) is 15.4. The van der Waals surface area contributed by atoms with E-state index in [4.69, 9.17) is 11.6 Å². The molecule has 0 aromatic heterocycles. The maximum atomic E-state index is 9.93. The number of halogens is 1. The predicted octanol–water partition coefficient (Wildman–Crippen LogP) is 4.17. The Kier molecular flexibility index (Phi) is 6.49. The number of nitrogens with zero attached hydrogens (tertiary/aromatic N) is 2. The molecule has 0 saturated carbocycles. The lowest BCUT2D eigenvalue weighted by Crippen LogP contribution is -2.39. The fraction of sp³-hybridized carbons (Fsp3) is 0.632. The lowest BCUT2D eigenvalue weighted by Gasteiger charge is -2.31. The van der Waals surface area contributed by atoms with E-state index in [1.807, 2.05) is 12.1 Å². The van der Waals surface area contributed by atoms with Gasteiger partial charge in [0.1, 0.15) is 0 Å². The van der Waals surface area contributed by atoms with Crippen molar-refractivity contribution in [2.75, 3.05) is 26.2 Å². The molecule has 23 heavy (non-hydrogen) atoms. The summed E-state index contributed by atoms with van der Waals surface area (Å²) < 4.78 is 0. The highest BCUT2D eigenvalue weighted by atomic mass is 35.5. The Morgan fingerprint density at radius 2 is 1.70 bits per heavy atom. The summed E-state index contributed by atoms with van der Waals surface area (Å²) >= 11 is 5.91. The highest BCUT2D eigenvalue weighted by molar-refractivity contribution is 6.30. The molecule has 1 amide bonds. The minimum atomic E-state index is 0.293. The molecule has 128 valence electrons. The Hall–Kier alpha value is -1.06. The van der Waals surface area contributed by atoms with Crippen molar-refractivity contribution in [3.8, 4) is 0 Å². The largest absolute Gasteiger partial charge is 0.345 e. The number of hydrogen-bond donors (Lipinski definition) is 0. The van der Waals surface area contributed by atoms with Gasteiger partial charge in [0.25, 0.3) is 0 Å². The monoisotopic (exact) mass is 336 g/mol. The first-order chi connectivity index (χ1) is 10.9. The van der Waals surface area contributed by atoms with E-state index in [0.717, 1.165) is 24.5 Å². The lowest BCUT2D eigenvalue weighted by atomic mass is 9.98. The summed E-state index contributed by atoms with van der Waals surface area (Å²) in [5.41, 5.74) is 1.72. The maximum Gasteiger partial charge on any atom is 0.209 e. The van der Waals surface area contributed by atoms with E-state index in [2.05, 4.69) is 37.8 Å². The minimum absolute atomic E-state index is 0.293. The second-order valence-corrected chi connectivity index (χ2v) is 7.94. The van der Waals surface area contributed by atoms with Crippen LogP contribution in [0.2, 0.25) is 5.02 Å². The Labute approximate surface area is 145 Å². The van der Waals surface area contributed by atoms with Crippen LogP contribution in [0.1, 0.15) is 51.5 Å². The third kappa shape index (κ3) is 5.50. The number of likely N-dealkylation sites (tertiary alicyclic amines) is 2. The molecule has 0 bridgehead atoms. The SMILES string of the molecule is CC(C)(C)N1CCC(c2ccc(Cl)cc2)C1.O=CN1CCCC1. The smallest absolute Gasteiger partial charge is 0.209 e. The molecule has 0 spiro atoms. The van der Waals surface area contributed by atoms with Gasteiger partial charge in [0, 0.05) is 30.2 Å². The molecule has 0 radical (unpaired) electrons. The number of rotatable bonds is 2. The zero-order valence-electron chi connectivity index (χ0n) is 14.6. The summed E-state index contributed by atoms with van der Waals surface area (Å²) in [6, 6.07) is 8.32. The van der Waals surface area contributed by atoms with Crippen molar-refractivity contribution in [3.05, 3.63) is 34.9 Å². The van der Waals surface area contributed by atoms with Gasteiger partial charge >= 0.3 is 0 Å². The summed E-state index contributed by atoms with van der Waals surface area (Å²) in [7, 11) is 0. The van der Waals surface area contributed by atoms with Crippen LogP contribution in [0.3, 0.4) is 0 Å². The van der Waals surface area contributed by atoms with Crippen molar-refractivity contribution in [3.63, 3.8) is 0 Å². The maximum absolute atomic E-state index is 9.93. The van der Waals surface area contributed by atoms with Gasteiger partial charge in [-0.15, -0.1) is 0 Å². The number of carbonyl (C=O) groups is 1. The first-order valence-corrected chi connectivity index (χ1v) is 8.98. The quantitative estimate of drug-likeness (QED) is 0.757. The number of amides is 1. The van der Waals surface area contributed by atoms with E-state index in [1.54, 1.807) is 4.90 Å². The summed E-state index contributed by atoms with van der Waals surface area (Å²) in [6.07, 6.45) is 4.57. The van der Waals surface area contributed by atoms with Crippen LogP contribution >= 0.6 is 11.6 Å². The molecular weight excluding hydrogens is 308 g/mol. The third-order valence-corrected chi connectivity index (χ3v) is 5.02. The Bertz CT molecular complexity index is 489. The molecular formula is C19H29ClN2O. The minimum Gasteiger partial charge on any atom is -0.345 e. The van der Waals surface area contributed by atoms with Gasteiger partial charge in [-0.05, 0) is 70.2 Å². The molecule has 0 aliphatic carbocycles. The highest BCUT2D eigenvalue weighted by Gasteiger charge is 2.30. The molecule has 2 aliphatic heterocycles. The van der Waals surface area contributed by atoms with E-state index in [-0.39, 0.29) is 0 Å². The van der Waals surface area contributed by atoms with Crippen molar-refractivity contribution in [2.45, 2.75) is 51.5 Å². The van der Waals surface area contributed by atoms with Crippen LogP contribution in [0, 0.1) is 0 Å². The van der Waals surface area contributed by atoms with E-state index in [9.17, 15) is 4.79 Å². The van der Waals surface area contributed by atoms with Crippen LogP contribution in [0.4, 0.5) is 0 Å². The van der Waals surface area contributed by atoms with Crippen LogP contribution in [-0.2, 0) is 4.79 Å². The third-order valence-electron chi connectivity index (χ3n) is 4.77. The fourth-order valence-electron chi connectivity index (χ4n) is 3.22. The van der Waals surface area contributed by atoms with E-state index < -0.39 is 0 Å². The van der Waals surface area contributed by atoms with Crippen molar-refractivity contribution in [2.24, 2.45) is 0 Å². The molecule has 1 atom stereocenters. The fourth-order valence-corrected chi connectivity index (χ4v) is 3.35. The molecule has 2 heterocycles. The topological polar surface area (TPSA) is 23.6 Å². The Balaban J connectivity index is 0.000000229. The Morgan fingerprint density at radius 1 is 1.09 bits per heavy atom. The van der Waals surface area contributed by atoms with Gasteiger partial charge in [0.2, 0.25) is 6.41 Å².